The van der Waals surface area contributed by atoms with Gasteiger partial charge in [0.2, 0.25) is 0 Å². The van der Waals surface area contributed by atoms with E-state index in [4.69, 9.17) is 11.6 Å². The molecule has 1 heterocycles. The Hall–Kier alpha value is -2.12. The third-order valence-electron chi connectivity index (χ3n) is 4.25. The Morgan fingerprint density at radius 1 is 1.23 bits per heavy atom. The number of amides is 2. The zero-order valence-corrected chi connectivity index (χ0v) is 15.4. The first kappa shape index (κ1) is 18.7. The van der Waals surface area contributed by atoms with Crippen LogP contribution >= 0.6 is 11.6 Å². The first-order valence-corrected chi connectivity index (χ1v) is 10.3. The third-order valence-corrected chi connectivity index (χ3v) is 6.25. The summed E-state index contributed by atoms with van der Waals surface area (Å²) in [6.07, 6.45) is 0.367. The fourth-order valence-corrected chi connectivity index (χ4v) is 4.81. The van der Waals surface area contributed by atoms with E-state index in [2.05, 4.69) is 5.32 Å². The van der Waals surface area contributed by atoms with Gasteiger partial charge in [0.15, 0.2) is 9.84 Å². The lowest BCUT2D eigenvalue weighted by atomic mass is 10.1. The Morgan fingerprint density at radius 3 is 2.58 bits per heavy atom. The topological polar surface area (TPSA) is 66.5 Å². The number of carbonyl (C=O) groups is 1. The molecule has 2 amide bonds. The third kappa shape index (κ3) is 4.74. The number of hydrogen-bond acceptors (Lipinski definition) is 3. The van der Waals surface area contributed by atoms with E-state index < -0.39 is 27.7 Å². The van der Waals surface area contributed by atoms with Crippen molar-refractivity contribution in [2.75, 3.05) is 16.8 Å². The number of anilines is 1. The highest BCUT2D eigenvalue weighted by Crippen LogP contribution is 2.22. The normalized spacial score (nSPS) is 18.5. The SMILES string of the molecule is O=C(Nc1ccc(Cl)cc1)N(Cc1cccc(F)c1)C1CCS(=O)(=O)C1. The molecule has 2 aromatic rings. The summed E-state index contributed by atoms with van der Waals surface area (Å²) in [6, 6.07) is 11.7. The molecule has 0 bridgehead atoms. The number of nitrogens with zero attached hydrogens (tertiary/aromatic N) is 1. The van der Waals surface area contributed by atoms with E-state index in [0.29, 0.717) is 22.7 Å². The van der Waals surface area contributed by atoms with Crippen molar-refractivity contribution in [3.05, 3.63) is 64.9 Å². The van der Waals surface area contributed by atoms with Gasteiger partial charge in [-0.1, -0.05) is 23.7 Å². The minimum atomic E-state index is -3.17. The van der Waals surface area contributed by atoms with Gasteiger partial charge in [0, 0.05) is 23.3 Å². The molecule has 1 aliphatic heterocycles. The maximum absolute atomic E-state index is 13.5. The van der Waals surface area contributed by atoms with Crippen LogP contribution in [0, 0.1) is 5.82 Å². The molecule has 5 nitrogen and oxygen atoms in total. The van der Waals surface area contributed by atoms with Crippen LogP contribution < -0.4 is 5.32 Å². The molecule has 0 aliphatic carbocycles. The van der Waals surface area contributed by atoms with Gasteiger partial charge in [-0.25, -0.2) is 17.6 Å². The van der Waals surface area contributed by atoms with Crippen molar-refractivity contribution in [1.29, 1.82) is 0 Å². The van der Waals surface area contributed by atoms with Gasteiger partial charge in [-0.15, -0.1) is 0 Å². The van der Waals surface area contributed by atoms with Gasteiger partial charge in [-0.3, -0.25) is 0 Å². The number of sulfone groups is 1. The monoisotopic (exact) mass is 396 g/mol. The first-order chi connectivity index (χ1) is 12.3. The van der Waals surface area contributed by atoms with Crippen LogP contribution in [0.1, 0.15) is 12.0 Å². The fraction of sp³-hybridized carbons (Fsp3) is 0.278. The summed E-state index contributed by atoms with van der Waals surface area (Å²) in [4.78, 5) is 14.2. The molecule has 1 atom stereocenters. The van der Waals surface area contributed by atoms with Crippen molar-refractivity contribution in [3.8, 4) is 0 Å². The minimum Gasteiger partial charge on any atom is -0.316 e. The number of carbonyl (C=O) groups excluding carboxylic acids is 1. The van der Waals surface area contributed by atoms with Crippen LogP contribution in [0.4, 0.5) is 14.9 Å². The summed E-state index contributed by atoms with van der Waals surface area (Å²) in [7, 11) is -3.17. The van der Waals surface area contributed by atoms with Gasteiger partial charge in [-0.05, 0) is 48.4 Å². The first-order valence-electron chi connectivity index (χ1n) is 8.10. The molecule has 1 fully saturated rings. The Labute approximate surface area is 156 Å². The fourth-order valence-electron chi connectivity index (χ4n) is 2.95. The van der Waals surface area contributed by atoms with Gasteiger partial charge >= 0.3 is 6.03 Å². The number of urea groups is 1. The molecule has 0 saturated carbocycles. The second-order valence-electron chi connectivity index (χ2n) is 6.25. The highest BCUT2D eigenvalue weighted by molar-refractivity contribution is 7.91. The van der Waals surface area contributed by atoms with Gasteiger partial charge in [0.25, 0.3) is 0 Å². The van der Waals surface area contributed by atoms with Crippen LogP contribution in [0.25, 0.3) is 0 Å². The average Bonchev–Trinajstić information content (AvgIpc) is 2.94. The average molecular weight is 397 g/mol. The second kappa shape index (κ2) is 7.63. The van der Waals surface area contributed by atoms with Crippen molar-refractivity contribution >= 4 is 33.2 Å². The molecule has 3 rings (SSSR count). The standard InChI is InChI=1S/C18H18ClFN2O3S/c19-14-4-6-16(7-5-14)21-18(23)22(17-8-9-26(24,25)12-17)11-13-2-1-3-15(20)10-13/h1-7,10,17H,8-9,11-12H2,(H,21,23). The Bertz CT molecular complexity index is 903. The van der Waals surface area contributed by atoms with Gasteiger partial charge in [0.1, 0.15) is 5.82 Å². The Morgan fingerprint density at radius 2 is 1.96 bits per heavy atom. The highest BCUT2D eigenvalue weighted by Gasteiger charge is 2.34. The number of nitrogens with one attached hydrogen (secondary N) is 1. The molecule has 0 spiro atoms. The van der Waals surface area contributed by atoms with E-state index in [9.17, 15) is 17.6 Å². The maximum atomic E-state index is 13.5. The van der Waals surface area contributed by atoms with Crippen molar-refractivity contribution in [2.24, 2.45) is 0 Å². The van der Waals surface area contributed by atoms with E-state index in [1.807, 2.05) is 0 Å². The zero-order chi connectivity index (χ0) is 18.7. The van der Waals surface area contributed by atoms with Gasteiger partial charge in [-0.2, -0.15) is 0 Å². The summed E-state index contributed by atoms with van der Waals surface area (Å²) in [5.74, 6) is -0.443. The number of benzene rings is 2. The van der Waals surface area contributed by atoms with Crippen LogP contribution in [-0.4, -0.2) is 36.9 Å². The number of rotatable bonds is 4. The molecule has 0 aromatic heterocycles. The molecule has 138 valence electrons. The predicted molar refractivity (Wildman–Crippen MR) is 99.5 cm³/mol. The molecular weight excluding hydrogens is 379 g/mol. The lowest BCUT2D eigenvalue weighted by molar-refractivity contribution is 0.190. The molecule has 0 radical (unpaired) electrons. The molecule has 1 N–H and O–H groups in total. The van der Waals surface area contributed by atoms with E-state index >= 15 is 0 Å². The Balaban J connectivity index is 1.81. The van der Waals surface area contributed by atoms with Crippen molar-refractivity contribution < 1.29 is 17.6 Å². The highest BCUT2D eigenvalue weighted by atomic mass is 35.5. The van der Waals surface area contributed by atoms with Gasteiger partial charge < -0.3 is 10.2 Å². The largest absolute Gasteiger partial charge is 0.322 e. The molecule has 1 saturated heterocycles. The predicted octanol–water partition coefficient (Wildman–Crippen LogP) is 3.70. The smallest absolute Gasteiger partial charge is 0.316 e. The van der Waals surface area contributed by atoms with Crippen molar-refractivity contribution in [2.45, 2.75) is 19.0 Å². The summed E-state index contributed by atoms with van der Waals surface area (Å²) in [5, 5.41) is 3.29. The van der Waals surface area contributed by atoms with E-state index in [0.717, 1.165) is 0 Å². The summed E-state index contributed by atoms with van der Waals surface area (Å²) >= 11 is 5.84. The molecule has 2 aromatic carbocycles. The molecule has 1 unspecified atom stereocenters. The summed E-state index contributed by atoms with van der Waals surface area (Å²) in [6.45, 7) is 0.122. The van der Waals surface area contributed by atoms with E-state index in [-0.39, 0.29) is 18.1 Å². The van der Waals surface area contributed by atoms with E-state index in [1.54, 1.807) is 36.4 Å². The van der Waals surface area contributed by atoms with Crippen molar-refractivity contribution in [1.82, 2.24) is 4.90 Å². The van der Waals surface area contributed by atoms with Crippen LogP contribution in [0.2, 0.25) is 5.02 Å². The number of halogens is 2. The molecule has 8 heteroatoms. The Kier molecular flexibility index (Phi) is 5.48. The summed E-state index contributed by atoms with van der Waals surface area (Å²) < 4.78 is 37.2. The number of hydrogen-bond donors (Lipinski definition) is 1. The molecular formula is C18H18ClFN2O3S. The maximum Gasteiger partial charge on any atom is 0.322 e. The molecule has 26 heavy (non-hydrogen) atoms. The van der Waals surface area contributed by atoms with Crippen LogP contribution in [-0.2, 0) is 16.4 Å². The van der Waals surface area contributed by atoms with Crippen LogP contribution in [0.15, 0.2) is 48.5 Å². The zero-order valence-electron chi connectivity index (χ0n) is 13.9. The van der Waals surface area contributed by atoms with Crippen molar-refractivity contribution in [3.63, 3.8) is 0 Å². The second-order valence-corrected chi connectivity index (χ2v) is 8.92. The molecule has 1 aliphatic rings. The quantitative estimate of drug-likeness (QED) is 0.856. The minimum absolute atomic E-state index is 0.0472. The van der Waals surface area contributed by atoms with Gasteiger partial charge in [0.05, 0.1) is 11.5 Å². The van der Waals surface area contributed by atoms with Crippen LogP contribution in [0.3, 0.4) is 0 Å². The van der Waals surface area contributed by atoms with E-state index in [1.165, 1.54) is 17.0 Å². The lowest BCUT2D eigenvalue weighted by Gasteiger charge is -2.28. The summed E-state index contributed by atoms with van der Waals surface area (Å²) in [5.41, 5.74) is 1.14. The lowest BCUT2D eigenvalue weighted by Crippen LogP contribution is -2.43. The van der Waals surface area contributed by atoms with Crippen LogP contribution in [0.5, 0.6) is 0 Å².